The first-order valence-electron chi connectivity index (χ1n) is 7.31. The number of carbonyl (C=O) groups is 1. The molecule has 1 saturated carbocycles. The van der Waals surface area contributed by atoms with Crippen LogP contribution in [0.25, 0.3) is 0 Å². The van der Waals surface area contributed by atoms with Crippen LogP contribution in [0.5, 0.6) is 0 Å². The summed E-state index contributed by atoms with van der Waals surface area (Å²) in [7, 11) is 0. The van der Waals surface area contributed by atoms with E-state index >= 15 is 0 Å². The molecular weight excluding hydrogens is 264 g/mol. The van der Waals surface area contributed by atoms with E-state index < -0.39 is 0 Å². The first-order chi connectivity index (χ1) is 10.1. The van der Waals surface area contributed by atoms with Crippen LogP contribution in [0.2, 0.25) is 0 Å². The number of hydrogen-bond acceptors (Lipinski definition) is 3. The van der Waals surface area contributed by atoms with E-state index in [1.807, 2.05) is 24.3 Å². The number of nitrogen functional groups attached to an aromatic ring is 1. The van der Waals surface area contributed by atoms with Crippen LogP contribution in [0, 0.1) is 0 Å². The molecular formula is C16H20N4O. The van der Waals surface area contributed by atoms with Gasteiger partial charge in [0.25, 0.3) is 5.91 Å². The molecule has 1 aromatic heterocycles. The zero-order valence-corrected chi connectivity index (χ0v) is 12.3. The van der Waals surface area contributed by atoms with Crippen molar-refractivity contribution >= 4 is 17.3 Å². The summed E-state index contributed by atoms with van der Waals surface area (Å²) in [4.78, 5) is 12.2. The molecule has 4 N–H and O–H groups in total. The highest BCUT2D eigenvalue weighted by molar-refractivity contribution is 6.06. The largest absolute Gasteiger partial charge is 0.395 e. The van der Waals surface area contributed by atoms with Crippen LogP contribution in [-0.2, 0) is 0 Å². The number of aromatic amines is 1. The normalized spacial score (nSPS) is 14.4. The molecule has 2 aromatic rings. The van der Waals surface area contributed by atoms with Crippen LogP contribution in [0.3, 0.4) is 0 Å². The highest BCUT2D eigenvalue weighted by Crippen LogP contribution is 2.42. The lowest BCUT2D eigenvalue weighted by atomic mass is 10.0. The lowest BCUT2D eigenvalue weighted by molar-refractivity contribution is 0.102. The molecule has 0 bridgehead atoms. The number of hydrogen-bond donors (Lipinski definition) is 3. The number of rotatable bonds is 4. The minimum atomic E-state index is -0.270. The van der Waals surface area contributed by atoms with E-state index in [0.717, 1.165) is 24.2 Å². The molecule has 0 atom stereocenters. The summed E-state index contributed by atoms with van der Waals surface area (Å²) in [6.07, 6.45) is 2.23. The first kappa shape index (κ1) is 13.7. The Morgan fingerprint density at radius 2 is 2.00 bits per heavy atom. The van der Waals surface area contributed by atoms with Crippen LogP contribution in [-0.4, -0.2) is 16.1 Å². The van der Waals surface area contributed by atoms with Gasteiger partial charge >= 0.3 is 0 Å². The number of nitrogens with zero attached hydrogens (tertiary/aromatic N) is 1. The van der Waals surface area contributed by atoms with Gasteiger partial charge in [-0.05, 0) is 36.5 Å². The number of H-pyrrole nitrogens is 1. The van der Waals surface area contributed by atoms with Crippen molar-refractivity contribution in [1.82, 2.24) is 10.2 Å². The molecule has 110 valence electrons. The van der Waals surface area contributed by atoms with Crippen LogP contribution in [0.4, 0.5) is 11.4 Å². The van der Waals surface area contributed by atoms with E-state index in [4.69, 9.17) is 5.73 Å². The SMILES string of the molecule is CC(C)c1ccc(NC(=O)c2n[nH]c(C3CC3)c2N)cc1. The van der Waals surface area contributed by atoms with Gasteiger partial charge in [0.1, 0.15) is 0 Å². The fourth-order valence-corrected chi connectivity index (χ4v) is 2.36. The van der Waals surface area contributed by atoms with E-state index in [-0.39, 0.29) is 11.6 Å². The number of benzene rings is 1. The van der Waals surface area contributed by atoms with Crippen molar-refractivity contribution in [2.24, 2.45) is 0 Å². The summed E-state index contributed by atoms with van der Waals surface area (Å²) in [5.74, 6) is 0.648. The maximum atomic E-state index is 12.2. The minimum absolute atomic E-state index is 0.270. The third kappa shape index (κ3) is 2.77. The molecule has 0 radical (unpaired) electrons. The second-order valence-corrected chi connectivity index (χ2v) is 5.90. The summed E-state index contributed by atoms with van der Waals surface area (Å²) >= 11 is 0. The molecule has 1 aromatic carbocycles. The molecule has 1 aliphatic rings. The van der Waals surface area contributed by atoms with Crippen LogP contribution < -0.4 is 11.1 Å². The number of aromatic nitrogens is 2. The maximum Gasteiger partial charge on any atom is 0.278 e. The van der Waals surface area contributed by atoms with Crippen molar-refractivity contribution in [2.75, 3.05) is 11.1 Å². The molecule has 1 fully saturated rings. The van der Waals surface area contributed by atoms with E-state index in [1.54, 1.807) is 0 Å². The van der Waals surface area contributed by atoms with Gasteiger partial charge in [-0.2, -0.15) is 5.10 Å². The lowest BCUT2D eigenvalue weighted by Gasteiger charge is -2.08. The Morgan fingerprint density at radius 3 is 2.57 bits per heavy atom. The molecule has 0 spiro atoms. The van der Waals surface area contributed by atoms with Crippen molar-refractivity contribution in [1.29, 1.82) is 0 Å². The number of nitrogens with two attached hydrogens (primary N) is 1. The second-order valence-electron chi connectivity index (χ2n) is 5.90. The smallest absolute Gasteiger partial charge is 0.278 e. The third-order valence-corrected chi connectivity index (χ3v) is 3.87. The van der Waals surface area contributed by atoms with Crippen molar-refractivity contribution in [3.63, 3.8) is 0 Å². The Morgan fingerprint density at radius 1 is 1.33 bits per heavy atom. The van der Waals surface area contributed by atoms with Crippen molar-refractivity contribution in [3.8, 4) is 0 Å². The first-order valence-corrected chi connectivity index (χ1v) is 7.31. The zero-order valence-electron chi connectivity index (χ0n) is 12.3. The molecule has 0 saturated heterocycles. The van der Waals surface area contributed by atoms with Crippen LogP contribution in [0.1, 0.15) is 60.3 Å². The predicted molar refractivity (Wildman–Crippen MR) is 83.5 cm³/mol. The van der Waals surface area contributed by atoms with Crippen molar-refractivity contribution in [2.45, 2.75) is 38.5 Å². The van der Waals surface area contributed by atoms with E-state index in [9.17, 15) is 4.79 Å². The van der Waals surface area contributed by atoms with Gasteiger partial charge in [0.15, 0.2) is 5.69 Å². The molecule has 5 nitrogen and oxygen atoms in total. The standard InChI is InChI=1S/C16H20N4O/c1-9(2)10-5-7-12(8-6-10)18-16(21)15-13(17)14(19-20-15)11-3-4-11/h5-9,11H,3-4,17H2,1-2H3,(H,18,21)(H,19,20). The highest BCUT2D eigenvalue weighted by atomic mass is 16.2. The fraction of sp³-hybridized carbons (Fsp3) is 0.375. The van der Waals surface area contributed by atoms with Gasteiger partial charge < -0.3 is 11.1 Å². The maximum absolute atomic E-state index is 12.2. The van der Waals surface area contributed by atoms with Crippen LogP contribution >= 0.6 is 0 Å². The topological polar surface area (TPSA) is 83.8 Å². The molecule has 1 amide bonds. The Kier molecular flexibility index (Phi) is 3.41. The Hall–Kier alpha value is -2.30. The molecule has 0 unspecified atom stereocenters. The lowest BCUT2D eigenvalue weighted by Crippen LogP contribution is -2.14. The van der Waals surface area contributed by atoms with Crippen molar-refractivity contribution in [3.05, 3.63) is 41.2 Å². The Balaban J connectivity index is 1.73. The summed E-state index contributed by atoms with van der Waals surface area (Å²) in [5.41, 5.74) is 9.66. The molecule has 0 aliphatic heterocycles. The van der Waals surface area contributed by atoms with Gasteiger partial charge in [-0.15, -0.1) is 0 Å². The number of carbonyl (C=O) groups excluding carboxylic acids is 1. The average Bonchev–Trinajstić information content (AvgIpc) is 3.22. The van der Waals surface area contributed by atoms with E-state index in [0.29, 0.717) is 17.5 Å². The average molecular weight is 284 g/mol. The molecule has 21 heavy (non-hydrogen) atoms. The summed E-state index contributed by atoms with van der Waals surface area (Å²) in [6.45, 7) is 4.27. The Labute approximate surface area is 123 Å². The van der Waals surface area contributed by atoms with Gasteiger partial charge in [-0.1, -0.05) is 26.0 Å². The number of nitrogens with one attached hydrogen (secondary N) is 2. The number of anilines is 2. The minimum Gasteiger partial charge on any atom is -0.395 e. The molecule has 1 aliphatic carbocycles. The summed E-state index contributed by atoms with van der Waals surface area (Å²) in [5, 5.41) is 9.78. The zero-order chi connectivity index (χ0) is 15.0. The highest BCUT2D eigenvalue weighted by Gasteiger charge is 2.30. The molecule has 5 heteroatoms. The van der Waals surface area contributed by atoms with E-state index in [1.165, 1.54) is 5.56 Å². The van der Waals surface area contributed by atoms with Gasteiger partial charge in [0.05, 0.1) is 11.4 Å². The van der Waals surface area contributed by atoms with Gasteiger partial charge in [-0.25, -0.2) is 0 Å². The second kappa shape index (κ2) is 5.24. The summed E-state index contributed by atoms with van der Waals surface area (Å²) < 4.78 is 0. The molecule has 1 heterocycles. The Bertz CT molecular complexity index is 653. The number of amides is 1. The predicted octanol–water partition coefficient (Wildman–Crippen LogP) is 3.25. The molecule has 3 rings (SSSR count). The summed E-state index contributed by atoms with van der Waals surface area (Å²) in [6, 6.07) is 7.84. The third-order valence-electron chi connectivity index (χ3n) is 3.87. The van der Waals surface area contributed by atoms with E-state index in [2.05, 4.69) is 29.4 Å². The van der Waals surface area contributed by atoms with Crippen LogP contribution in [0.15, 0.2) is 24.3 Å². The monoisotopic (exact) mass is 284 g/mol. The van der Waals surface area contributed by atoms with Gasteiger partial charge in [-0.3, -0.25) is 9.89 Å². The van der Waals surface area contributed by atoms with Gasteiger partial charge in [0.2, 0.25) is 0 Å². The van der Waals surface area contributed by atoms with Crippen molar-refractivity contribution < 1.29 is 4.79 Å². The van der Waals surface area contributed by atoms with Gasteiger partial charge in [0, 0.05) is 11.6 Å². The fourth-order valence-electron chi connectivity index (χ4n) is 2.36. The quantitative estimate of drug-likeness (QED) is 0.805.